The normalized spacial score (nSPS) is 11.7. The SMILES string of the molecule is COC(=O)Cn1c(=NC(=O)c2cc3cccc(OC)c3o2)sc2cc(OC)c(OC)cc21. The van der Waals surface area contributed by atoms with E-state index in [1.165, 1.54) is 39.8 Å². The number of hydrogen-bond acceptors (Lipinski definition) is 8. The Morgan fingerprint density at radius 3 is 2.41 bits per heavy atom. The Morgan fingerprint density at radius 2 is 1.72 bits per heavy atom. The van der Waals surface area contributed by atoms with Gasteiger partial charge in [-0.15, -0.1) is 0 Å². The van der Waals surface area contributed by atoms with E-state index in [9.17, 15) is 9.59 Å². The van der Waals surface area contributed by atoms with Crippen molar-refractivity contribution < 1.29 is 33.0 Å². The van der Waals surface area contributed by atoms with Crippen LogP contribution in [-0.2, 0) is 16.1 Å². The zero-order valence-electron chi connectivity index (χ0n) is 17.8. The number of rotatable bonds is 6. The highest BCUT2D eigenvalue weighted by atomic mass is 32.1. The lowest BCUT2D eigenvalue weighted by Gasteiger charge is -2.08. The Kier molecular flexibility index (Phi) is 5.87. The minimum Gasteiger partial charge on any atom is -0.493 e. The molecule has 9 nitrogen and oxygen atoms in total. The number of furan rings is 1. The molecule has 0 radical (unpaired) electrons. The Bertz CT molecular complexity index is 1400. The maximum Gasteiger partial charge on any atom is 0.325 e. The number of carbonyl (C=O) groups excluding carboxylic acids is 2. The van der Waals surface area contributed by atoms with Crippen LogP contribution in [0.5, 0.6) is 17.2 Å². The quantitative estimate of drug-likeness (QED) is 0.410. The molecule has 0 fully saturated rings. The van der Waals surface area contributed by atoms with Gasteiger partial charge in [-0.05, 0) is 12.1 Å². The lowest BCUT2D eigenvalue weighted by Crippen LogP contribution is -2.22. The summed E-state index contributed by atoms with van der Waals surface area (Å²) in [6, 6.07) is 10.5. The number of amides is 1. The minimum atomic E-state index is -0.590. The van der Waals surface area contributed by atoms with E-state index in [1.54, 1.807) is 34.9 Å². The number of aromatic nitrogens is 1. The third-order valence-electron chi connectivity index (χ3n) is 4.84. The van der Waals surface area contributed by atoms with E-state index in [1.807, 2.05) is 6.07 Å². The number of thiazole rings is 1. The van der Waals surface area contributed by atoms with Gasteiger partial charge in [0.05, 0.1) is 38.7 Å². The van der Waals surface area contributed by atoms with Crippen molar-refractivity contribution in [2.24, 2.45) is 4.99 Å². The van der Waals surface area contributed by atoms with Gasteiger partial charge in [0.25, 0.3) is 0 Å². The van der Waals surface area contributed by atoms with Crippen molar-refractivity contribution in [1.82, 2.24) is 4.57 Å². The highest BCUT2D eigenvalue weighted by molar-refractivity contribution is 7.16. The molecule has 166 valence electrons. The number of nitrogens with zero attached hydrogens (tertiary/aromatic N) is 2. The number of ether oxygens (including phenoxy) is 4. The third-order valence-corrected chi connectivity index (χ3v) is 5.88. The van der Waals surface area contributed by atoms with Crippen molar-refractivity contribution in [3.8, 4) is 17.2 Å². The molecule has 0 aliphatic rings. The van der Waals surface area contributed by atoms with Crippen LogP contribution in [0.25, 0.3) is 21.2 Å². The first-order valence-electron chi connectivity index (χ1n) is 9.46. The van der Waals surface area contributed by atoms with E-state index in [0.29, 0.717) is 33.1 Å². The fraction of sp³-hybridized carbons (Fsp3) is 0.227. The number of esters is 1. The van der Waals surface area contributed by atoms with Gasteiger partial charge in [-0.1, -0.05) is 23.5 Å². The molecule has 10 heteroatoms. The van der Waals surface area contributed by atoms with Crippen LogP contribution < -0.4 is 19.0 Å². The topological polar surface area (TPSA) is 101 Å². The summed E-state index contributed by atoms with van der Waals surface area (Å²) in [6.45, 7) is -0.133. The van der Waals surface area contributed by atoms with E-state index in [4.69, 9.17) is 23.4 Å². The molecule has 0 aliphatic carbocycles. The second-order valence-electron chi connectivity index (χ2n) is 6.63. The molecule has 32 heavy (non-hydrogen) atoms. The predicted octanol–water partition coefficient (Wildman–Crippen LogP) is 3.39. The molecule has 2 aromatic heterocycles. The highest BCUT2D eigenvalue weighted by Crippen LogP contribution is 2.33. The van der Waals surface area contributed by atoms with Gasteiger partial charge in [-0.3, -0.25) is 9.59 Å². The zero-order chi connectivity index (χ0) is 22.8. The number of methoxy groups -OCH3 is 4. The standard InChI is InChI=1S/C22H20N2O7S/c1-27-14-7-5-6-12-8-17(31-20(12)14)21(26)23-22-24(11-19(25)30-4)13-9-15(28-2)16(29-3)10-18(13)32-22/h5-10H,11H2,1-4H3. The molecule has 0 aliphatic heterocycles. The van der Waals surface area contributed by atoms with Crippen LogP contribution in [0, 0.1) is 0 Å². The molecule has 4 aromatic rings. The molecule has 1 amide bonds. The van der Waals surface area contributed by atoms with Gasteiger partial charge < -0.3 is 27.9 Å². The summed E-state index contributed by atoms with van der Waals surface area (Å²) in [6.07, 6.45) is 0. The average Bonchev–Trinajstić information content (AvgIpc) is 3.39. The van der Waals surface area contributed by atoms with Crippen LogP contribution in [-0.4, -0.2) is 44.9 Å². The van der Waals surface area contributed by atoms with Gasteiger partial charge in [0.2, 0.25) is 0 Å². The molecule has 0 atom stereocenters. The van der Waals surface area contributed by atoms with Gasteiger partial charge in [0.15, 0.2) is 33.4 Å². The number of para-hydroxylation sites is 1. The summed E-state index contributed by atoms with van der Waals surface area (Å²) in [5.41, 5.74) is 1.11. The highest BCUT2D eigenvalue weighted by Gasteiger charge is 2.18. The van der Waals surface area contributed by atoms with Crippen LogP contribution >= 0.6 is 11.3 Å². The Balaban J connectivity index is 1.87. The van der Waals surface area contributed by atoms with Crippen molar-refractivity contribution in [2.45, 2.75) is 6.54 Å². The van der Waals surface area contributed by atoms with E-state index in [-0.39, 0.29) is 12.3 Å². The summed E-state index contributed by atoms with van der Waals surface area (Å²) in [7, 11) is 5.87. The molecule has 0 N–H and O–H groups in total. The lowest BCUT2D eigenvalue weighted by atomic mass is 10.2. The van der Waals surface area contributed by atoms with Crippen molar-refractivity contribution in [3.63, 3.8) is 0 Å². The van der Waals surface area contributed by atoms with Crippen LogP contribution in [0.1, 0.15) is 10.6 Å². The summed E-state index contributed by atoms with van der Waals surface area (Å²) < 4.78 is 28.9. The molecular weight excluding hydrogens is 436 g/mol. The van der Waals surface area contributed by atoms with Crippen LogP contribution in [0.2, 0.25) is 0 Å². The van der Waals surface area contributed by atoms with Crippen molar-refractivity contribution in [2.75, 3.05) is 28.4 Å². The molecule has 2 heterocycles. The van der Waals surface area contributed by atoms with E-state index >= 15 is 0 Å². The first kappa shape index (κ1) is 21.4. The fourth-order valence-corrected chi connectivity index (χ4v) is 4.31. The van der Waals surface area contributed by atoms with Crippen molar-refractivity contribution in [3.05, 3.63) is 47.0 Å². The van der Waals surface area contributed by atoms with E-state index < -0.39 is 11.9 Å². The summed E-state index contributed by atoms with van der Waals surface area (Å²) in [5.74, 6) is 0.506. The number of hydrogen-bond donors (Lipinski definition) is 0. The smallest absolute Gasteiger partial charge is 0.325 e. The molecular formula is C22H20N2O7S. The van der Waals surface area contributed by atoms with Crippen molar-refractivity contribution in [1.29, 1.82) is 0 Å². The van der Waals surface area contributed by atoms with Crippen LogP contribution in [0.3, 0.4) is 0 Å². The summed E-state index contributed by atoms with van der Waals surface area (Å²) in [4.78, 5) is 29.5. The Labute approximate surface area is 186 Å². The van der Waals surface area contributed by atoms with Gasteiger partial charge in [0.1, 0.15) is 6.54 Å². The maximum atomic E-state index is 12.9. The van der Waals surface area contributed by atoms with Gasteiger partial charge in [-0.25, -0.2) is 0 Å². The fourth-order valence-electron chi connectivity index (χ4n) is 3.27. The van der Waals surface area contributed by atoms with Crippen molar-refractivity contribution >= 4 is 44.4 Å². The molecule has 0 unspecified atom stereocenters. The van der Waals surface area contributed by atoms with Gasteiger partial charge in [-0.2, -0.15) is 4.99 Å². The molecule has 2 aromatic carbocycles. The molecule has 0 bridgehead atoms. The largest absolute Gasteiger partial charge is 0.493 e. The second kappa shape index (κ2) is 8.75. The van der Waals surface area contributed by atoms with Crippen LogP contribution in [0.15, 0.2) is 45.8 Å². The van der Waals surface area contributed by atoms with E-state index in [0.717, 1.165) is 10.1 Å². The Hall–Kier alpha value is -3.79. The molecule has 0 saturated carbocycles. The molecule has 0 spiro atoms. The molecule has 0 saturated heterocycles. The Morgan fingerprint density at radius 1 is 1.00 bits per heavy atom. The number of fused-ring (bicyclic) bond motifs is 2. The average molecular weight is 456 g/mol. The third kappa shape index (κ3) is 3.80. The lowest BCUT2D eigenvalue weighted by molar-refractivity contribution is -0.141. The van der Waals surface area contributed by atoms with Gasteiger partial charge >= 0.3 is 11.9 Å². The zero-order valence-corrected chi connectivity index (χ0v) is 18.6. The summed E-state index contributed by atoms with van der Waals surface area (Å²) >= 11 is 1.23. The molecule has 4 rings (SSSR count). The number of benzene rings is 2. The first-order valence-corrected chi connectivity index (χ1v) is 10.3. The second-order valence-corrected chi connectivity index (χ2v) is 7.64. The van der Waals surface area contributed by atoms with E-state index in [2.05, 4.69) is 4.99 Å². The first-order chi connectivity index (χ1) is 15.5. The monoisotopic (exact) mass is 456 g/mol. The number of carbonyl (C=O) groups is 2. The predicted molar refractivity (Wildman–Crippen MR) is 118 cm³/mol. The minimum absolute atomic E-state index is 0.0572. The van der Waals surface area contributed by atoms with Crippen LogP contribution in [0.4, 0.5) is 0 Å². The summed E-state index contributed by atoms with van der Waals surface area (Å²) in [5, 5.41) is 0.719. The van der Waals surface area contributed by atoms with Gasteiger partial charge in [0, 0.05) is 17.5 Å². The maximum absolute atomic E-state index is 12.9.